The summed E-state index contributed by atoms with van der Waals surface area (Å²) in [5.74, 6) is 0.708. The Balaban J connectivity index is 1.92. The molecule has 0 spiro atoms. The van der Waals surface area contributed by atoms with Crippen molar-refractivity contribution in [3.8, 4) is 0 Å². The van der Waals surface area contributed by atoms with Crippen molar-refractivity contribution in [3.63, 3.8) is 0 Å². The van der Waals surface area contributed by atoms with Crippen molar-refractivity contribution in [2.24, 2.45) is 0 Å². The number of benzene rings is 1. The van der Waals surface area contributed by atoms with E-state index >= 15 is 0 Å². The van der Waals surface area contributed by atoms with Crippen LogP contribution in [0.3, 0.4) is 0 Å². The molecule has 4 rings (SSSR count). The topological polar surface area (TPSA) is 46.9 Å². The van der Waals surface area contributed by atoms with Gasteiger partial charge < -0.3 is 5.32 Å². The van der Waals surface area contributed by atoms with E-state index in [0.29, 0.717) is 10.9 Å². The summed E-state index contributed by atoms with van der Waals surface area (Å²) in [5, 5.41) is 8.24. The van der Waals surface area contributed by atoms with E-state index in [0.717, 1.165) is 41.2 Å². The van der Waals surface area contributed by atoms with E-state index in [2.05, 4.69) is 48.1 Å². The molecular formula is C20H21BrFN3O. The van der Waals surface area contributed by atoms with Crippen molar-refractivity contribution in [2.75, 3.05) is 5.32 Å². The molecule has 1 aromatic carbocycles. The van der Waals surface area contributed by atoms with Gasteiger partial charge in [0.2, 0.25) is 0 Å². The number of allylic oxidation sites excluding steroid dienone is 2. The molecule has 2 heterocycles. The molecule has 1 unspecified atom stereocenters. The van der Waals surface area contributed by atoms with Gasteiger partial charge in [-0.1, -0.05) is 26.8 Å². The fourth-order valence-corrected chi connectivity index (χ4v) is 4.03. The van der Waals surface area contributed by atoms with Crippen LogP contribution >= 0.6 is 15.9 Å². The largest absolute Gasteiger partial charge is 0.343 e. The first kappa shape index (κ1) is 17.5. The summed E-state index contributed by atoms with van der Waals surface area (Å²) >= 11 is 3.27. The van der Waals surface area contributed by atoms with Crippen LogP contribution in [0.25, 0.3) is 0 Å². The third-order valence-corrected chi connectivity index (χ3v) is 5.62. The predicted octanol–water partition coefficient (Wildman–Crippen LogP) is 5.10. The van der Waals surface area contributed by atoms with Gasteiger partial charge in [-0.05, 0) is 46.5 Å². The summed E-state index contributed by atoms with van der Waals surface area (Å²) in [6.45, 7) is 6.34. The van der Waals surface area contributed by atoms with E-state index in [1.807, 2.05) is 4.68 Å². The molecule has 1 atom stereocenters. The third-order valence-electron chi connectivity index (χ3n) is 5.02. The van der Waals surface area contributed by atoms with Gasteiger partial charge in [-0.15, -0.1) is 0 Å². The second-order valence-electron chi connectivity index (χ2n) is 7.98. The van der Waals surface area contributed by atoms with Crippen LogP contribution < -0.4 is 5.32 Å². The van der Waals surface area contributed by atoms with Crippen molar-refractivity contribution in [1.29, 1.82) is 0 Å². The zero-order chi connectivity index (χ0) is 18.6. The smallest absolute Gasteiger partial charge is 0.163 e. The number of hydrogen-bond acceptors (Lipinski definition) is 3. The van der Waals surface area contributed by atoms with Gasteiger partial charge >= 0.3 is 0 Å². The normalized spacial score (nSPS) is 19.9. The van der Waals surface area contributed by atoms with Crippen molar-refractivity contribution < 1.29 is 9.18 Å². The van der Waals surface area contributed by atoms with E-state index in [1.165, 1.54) is 6.07 Å². The lowest BCUT2D eigenvalue weighted by atomic mass is 9.85. The van der Waals surface area contributed by atoms with Gasteiger partial charge in [0.1, 0.15) is 17.7 Å². The maximum atomic E-state index is 13.8. The molecule has 1 aliphatic carbocycles. The van der Waals surface area contributed by atoms with E-state index in [1.54, 1.807) is 12.1 Å². The maximum absolute atomic E-state index is 13.8. The van der Waals surface area contributed by atoms with Gasteiger partial charge in [0.25, 0.3) is 0 Å². The molecule has 0 saturated heterocycles. The number of nitrogens with zero attached hydrogens (tertiary/aromatic N) is 2. The first-order chi connectivity index (χ1) is 12.3. The molecular weight excluding hydrogens is 397 g/mol. The Morgan fingerprint density at radius 2 is 2.04 bits per heavy atom. The van der Waals surface area contributed by atoms with Crippen LogP contribution in [-0.2, 0) is 10.2 Å². The highest BCUT2D eigenvalue weighted by Crippen LogP contribution is 2.42. The Hall–Kier alpha value is -1.95. The molecule has 1 aliphatic heterocycles. The summed E-state index contributed by atoms with van der Waals surface area (Å²) in [7, 11) is 0. The number of rotatable bonds is 1. The van der Waals surface area contributed by atoms with Crippen molar-refractivity contribution in [1.82, 2.24) is 9.78 Å². The van der Waals surface area contributed by atoms with Crippen LogP contribution in [0.2, 0.25) is 0 Å². The van der Waals surface area contributed by atoms with Crippen molar-refractivity contribution in [2.45, 2.75) is 51.5 Å². The van der Waals surface area contributed by atoms with Gasteiger partial charge in [0.05, 0.1) is 10.2 Å². The number of carbonyl (C=O) groups excluding carboxylic acids is 1. The van der Waals surface area contributed by atoms with Crippen LogP contribution in [0.15, 0.2) is 40.0 Å². The standard InChI is InChI=1S/C20H21BrFN3O/c1-20(2,3)16-10-17-23-14-5-4-6-15(26)18(14)19(25(17)24-16)11-7-8-13(22)12(21)9-11/h7-10,19,23H,4-6H2,1-3H3. The molecule has 0 saturated carbocycles. The average molecular weight is 418 g/mol. The summed E-state index contributed by atoms with van der Waals surface area (Å²) in [6.07, 6.45) is 2.24. The molecule has 0 amide bonds. The van der Waals surface area contributed by atoms with Crippen LogP contribution in [0.1, 0.15) is 57.3 Å². The lowest BCUT2D eigenvalue weighted by Gasteiger charge is -2.33. The van der Waals surface area contributed by atoms with Crippen molar-refractivity contribution >= 4 is 27.5 Å². The number of hydrogen-bond donors (Lipinski definition) is 1. The number of ketones is 1. The number of halogens is 2. The summed E-state index contributed by atoms with van der Waals surface area (Å²) < 4.78 is 16.0. The predicted molar refractivity (Wildman–Crippen MR) is 103 cm³/mol. The maximum Gasteiger partial charge on any atom is 0.163 e. The number of fused-ring (bicyclic) bond motifs is 1. The van der Waals surface area contributed by atoms with Gasteiger partial charge in [0, 0.05) is 29.2 Å². The molecule has 1 aromatic heterocycles. The molecule has 26 heavy (non-hydrogen) atoms. The number of nitrogens with one attached hydrogen (secondary N) is 1. The van der Waals surface area contributed by atoms with Gasteiger partial charge in [-0.25, -0.2) is 9.07 Å². The molecule has 2 aromatic rings. The van der Waals surface area contributed by atoms with Crippen LogP contribution in [-0.4, -0.2) is 15.6 Å². The number of Topliss-reactive ketones (excluding diaryl/α,β-unsaturated/α-hetero) is 1. The second kappa shape index (κ2) is 6.05. The minimum atomic E-state index is -0.331. The molecule has 1 N–H and O–H groups in total. The first-order valence-corrected chi connectivity index (χ1v) is 9.63. The lowest BCUT2D eigenvalue weighted by Crippen LogP contribution is -2.31. The molecule has 0 radical (unpaired) electrons. The third kappa shape index (κ3) is 2.80. The van der Waals surface area contributed by atoms with Gasteiger partial charge in [0.15, 0.2) is 5.78 Å². The lowest BCUT2D eigenvalue weighted by molar-refractivity contribution is -0.116. The Bertz CT molecular complexity index is 939. The molecule has 0 fully saturated rings. The Morgan fingerprint density at radius 1 is 1.27 bits per heavy atom. The zero-order valence-electron chi connectivity index (χ0n) is 15.1. The van der Waals surface area contributed by atoms with Crippen LogP contribution in [0, 0.1) is 5.82 Å². The van der Waals surface area contributed by atoms with E-state index in [-0.39, 0.29) is 23.1 Å². The summed E-state index contributed by atoms with van der Waals surface area (Å²) in [5.41, 5.74) is 3.43. The minimum Gasteiger partial charge on any atom is -0.343 e. The van der Waals surface area contributed by atoms with Crippen LogP contribution in [0.5, 0.6) is 0 Å². The van der Waals surface area contributed by atoms with E-state index in [4.69, 9.17) is 5.10 Å². The molecule has 136 valence electrons. The van der Waals surface area contributed by atoms with Crippen LogP contribution in [0.4, 0.5) is 10.2 Å². The summed E-state index contributed by atoms with van der Waals surface area (Å²) in [4.78, 5) is 12.8. The average Bonchev–Trinajstić information content (AvgIpc) is 3.00. The first-order valence-electron chi connectivity index (χ1n) is 8.84. The zero-order valence-corrected chi connectivity index (χ0v) is 16.7. The second-order valence-corrected chi connectivity index (χ2v) is 8.83. The minimum absolute atomic E-state index is 0.107. The quantitative estimate of drug-likeness (QED) is 0.701. The monoisotopic (exact) mass is 417 g/mol. The number of aromatic nitrogens is 2. The fraction of sp³-hybridized carbons (Fsp3) is 0.400. The Morgan fingerprint density at radius 3 is 2.73 bits per heavy atom. The van der Waals surface area contributed by atoms with E-state index < -0.39 is 0 Å². The summed E-state index contributed by atoms with van der Waals surface area (Å²) in [6, 6.07) is 6.64. The molecule has 0 bridgehead atoms. The highest BCUT2D eigenvalue weighted by Gasteiger charge is 2.37. The highest BCUT2D eigenvalue weighted by atomic mass is 79.9. The molecule has 2 aliphatic rings. The van der Waals surface area contributed by atoms with Gasteiger partial charge in [-0.2, -0.15) is 5.10 Å². The Kier molecular flexibility index (Phi) is 4.06. The number of anilines is 1. The number of carbonyl (C=O) groups is 1. The fourth-order valence-electron chi connectivity index (χ4n) is 3.63. The van der Waals surface area contributed by atoms with Crippen molar-refractivity contribution in [3.05, 3.63) is 57.1 Å². The SMILES string of the molecule is CC(C)(C)c1cc2n(n1)C(c1ccc(F)c(Br)c1)C1=C(CCCC1=O)N2. The highest BCUT2D eigenvalue weighted by molar-refractivity contribution is 9.10. The molecule has 6 heteroatoms. The Labute approximate surface area is 160 Å². The molecule has 4 nitrogen and oxygen atoms in total. The van der Waals surface area contributed by atoms with E-state index in [9.17, 15) is 9.18 Å². The van der Waals surface area contributed by atoms with Gasteiger partial charge in [-0.3, -0.25) is 4.79 Å².